The number of aliphatic hydroxyl groups excluding tert-OH is 1. The minimum atomic E-state index is -4.02. The van der Waals surface area contributed by atoms with Gasteiger partial charge in [-0.25, -0.2) is 13.2 Å². The maximum absolute atomic E-state index is 14.0. The molecule has 2 amide bonds. The van der Waals surface area contributed by atoms with Gasteiger partial charge in [-0.05, 0) is 68.0 Å². The zero-order chi connectivity index (χ0) is 31.6. The highest BCUT2D eigenvalue weighted by molar-refractivity contribution is 7.92. The van der Waals surface area contributed by atoms with E-state index in [1.54, 1.807) is 31.2 Å². The number of aryl methyl sites for hydroxylation is 1. The van der Waals surface area contributed by atoms with Gasteiger partial charge < -0.3 is 35.7 Å². The highest BCUT2D eigenvalue weighted by Gasteiger charge is 2.44. The number of nitrogens with zero attached hydrogens (tertiary/aromatic N) is 1. The first-order chi connectivity index (χ1) is 20.9. The lowest BCUT2D eigenvalue weighted by Gasteiger charge is -2.27. The molecule has 3 aliphatic heterocycles. The number of hydrogen-bond acceptors (Lipinski definition) is 9. The summed E-state index contributed by atoms with van der Waals surface area (Å²) in [6, 6.07) is 11.7. The van der Waals surface area contributed by atoms with Crippen LogP contribution in [-0.2, 0) is 35.4 Å². The molecule has 12 nitrogen and oxygen atoms in total. The molecular formula is C31H40N4O8S. The third kappa shape index (κ3) is 6.85. The van der Waals surface area contributed by atoms with Gasteiger partial charge in [-0.1, -0.05) is 26.0 Å². The van der Waals surface area contributed by atoms with Gasteiger partial charge in [-0.2, -0.15) is 0 Å². The number of anilines is 2. The van der Waals surface area contributed by atoms with Crippen LogP contribution in [0.1, 0.15) is 44.7 Å². The maximum Gasteiger partial charge on any atom is 0.407 e. The van der Waals surface area contributed by atoms with E-state index in [0.717, 1.165) is 12.0 Å². The van der Waals surface area contributed by atoms with E-state index < -0.39 is 22.2 Å². The molecule has 0 aliphatic carbocycles. The molecule has 2 fully saturated rings. The highest BCUT2D eigenvalue weighted by atomic mass is 32.2. The first-order valence-electron chi connectivity index (χ1n) is 14.8. The van der Waals surface area contributed by atoms with Crippen molar-refractivity contribution in [2.45, 2.75) is 63.4 Å². The number of alkyl carbamates (subject to hydrolysis) is 1. The summed E-state index contributed by atoms with van der Waals surface area (Å²) < 4.78 is 45.8. The molecule has 0 aromatic heterocycles. The summed E-state index contributed by atoms with van der Waals surface area (Å²) in [5, 5.41) is 15.9. The van der Waals surface area contributed by atoms with Crippen LogP contribution in [0.4, 0.5) is 16.2 Å². The molecule has 3 heterocycles. The molecule has 238 valence electrons. The van der Waals surface area contributed by atoms with E-state index >= 15 is 0 Å². The number of amides is 2. The number of carbonyl (C=O) groups excluding carboxylic acids is 2. The maximum atomic E-state index is 14.0. The number of nitrogens with two attached hydrogens (primary N) is 1. The zero-order valence-corrected chi connectivity index (χ0v) is 25.9. The quantitative estimate of drug-likeness (QED) is 0.273. The summed E-state index contributed by atoms with van der Waals surface area (Å²) in [6.07, 6.45) is -0.564. The minimum Gasteiger partial charge on any atom is -0.443 e. The Labute approximate surface area is 257 Å². The van der Waals surface area contributed by atoms with E-state index in [9.17, 15) is 23.1 Å². The third-order valence-electron chi connectivity index (χ3n) is 7.94. The van der Waals surface area contributed by atoms with E-state index in [4.69, 9.17) is 19.9 Å². The van der Waals surface area contributed by atoms with Gasteiger partial charge in [0.15, 0.2) is 6.29 Å². The number of ether oxygens (including phenoxy) is 3. The van der Waals surface area contributed by atoms with Crippen LogP contribution in [0.25, 0.3) is 5.57 Å². The number of benzene rings is 2. The van der Waals surface area contributed by atoms with Crippen LogP contribution in [0.3, 0.4) is 0 Å². The SMILES string of the molecule is CC(N)=C1C(=O)Nc2ccc(S(=O)(=O)N(CC(C)C)c3cccc(CCC(O)CNC(=O)OC4COC5OCCC45)c3)cc21. The Morgan fingerprint density at radius 3 is 2.77 bits per heavy atom. The zero-order valence-electron chi connectivity index (χ0n) is 25.1. The van der Waals surface area contributed by atoms with Gasteiger partial charge >= 0.3 is 6.09 Å². The van der Waals surface area contributed by atoms with Crippen LogP contribution < -0.4 is 20.7 Å². The molecule has 5 N–H and O–H groups in total. The molecule has 13 heteroatoms. The molecule has 2 saturated heterocycles. The second-order valence-corrected chi connectivity index (χ2v) is 13.7. The van der Waals surface area contributed by atoms with Gasteiger partial charge in [0.25, 0.3) is 15.9 Å². The first kappa shape index (κ1) is 31.8. The number of carbonyl (C=O) groups is 2. The van der Waals surface area contributed by atoms with Crippen molar-refractivity contribution in [3.05, 3.63) is 59.3 Å². The van der Waals surface area contributed by atoms with Gasteiger partial charge in [0.05, 0.1) is 41.4 Å². The largest absolute Gasteiger partial charge is 0.443 e. The molecule has 4 atom stereocenters. The monoisotopic (exact) mass is 628 g/mol. The summed E-state index contributed by atoms with van der Waals surface area (Å²) in [7, 11) is -4.02. The summed E-state index contributed by atoms with van der Waals surface area (Å²) in [6.45, 7) is 6.59. The van der Waals surface area contributed by atoms with Gasteiger partial charge in [-0.15, -0.1) is 0 Å². The molecule has 44 heavy (non-hydrogen) atoms. The first-order valence-corrected chi connectivity index (χ1v) is 16.3. The Morgan fingerprint density at radius 2 is 2.02 bits per heavy atom. The molecule has 2 aromatic carbocycles. The normalized spacial score (nSPS) is 22.8. The average Bonchev–Trinajstić information content (AvgIpc) is 3.68. The Morgan fingerprint density at radius 1 is 1.23 bits per heavy atom. The lowest BCUT2D eigenvalue weighted by Crippen LogP contribution is -2.37. The average molecular weight is 629 g/mol. The second-order valence-electron chi connectivity index (χ2n) is 11.9. The van der Waals surface area contributed by atoms with Crippen molar-refractivity contribution in [3.8, 4) is 0 Å². The molecule has 0 radical (unpaired) electrons. The fraction of sp³-hybridized carbons (Fsp3) is 0.484. The number of fused-ring (bicyclic) bond motifs is 2. The van der Waals surface area contributed by atoms with E-state index in [1.165, 1.54) is 16.4 Å². The van der Waals surface area contributed by atoms with Crippen LogP contribution >= 0.6 is 0 Å². The lowest BCUT2D eigenvalue weighted by molar-refractivity contribution is -0.110. The van der Waals surface area contributed by atoms with Crippen LogP contribution in [0.5, 0.6) is 0 Å². The van der Waals surface area contributed by atoms with Crippen molar-refractivity contribution in [1.82, 2.24) is 5.32 Å². The van der Waals surface area contributed by atoms with Crippen molar-refractivity contribution in [1.29, 1.82) is 0 Å². The molecule has 0 spiro atoms. The van der Waals surface area contributed by atoms with Gasteiger partial charge in [0.1, 0.15) is 6.10 Å². The predicted molar refractivity (Wildman–Crippen MR) is 164 cm³/mol. The van der Waals surface area contributed by atoms with Crippen molar-refractivity contribution in [2.24, 2.45) is 17.6 Å². The Balaban J connectivity index is 1.24. The van der Waals surface area contributed by atoms with E-state index in [2.05, 4.69) is 10.6 Å². The molecule has 2 aromatic rings. The highest BCUT2D eigenvalue weighted by Crippen LogP contribution is 2.36. The molecular weight excluding hydrogens is 588 g/mol. The summed E-state index contributed by atoms with van der Waals surface area (Å²) in [5.74, 6) is -0.315. The van der Waals surface area contributed by atoms with Crippen molar-refractivity contribution in [2.75, 3.05) is 35.9 Å². The number of nitrogens with one attached hydrogen (secondary N) is 2. The number of sulfonamides is 1. The smallest absolute Gasteiger partial charge is 0.407 e. The van der Waals surface area contributed by atoms with Crippen LogP contribution in [-0.4, -0.2) is 70.3 Å². The van der Waals surface area contributed by atoms with Crippen molar-refractivity contribution < 1.29 is 37.3 Å². The van der Waals surface area contributed by atoms with E-state index in [1.807, 2.05) is 19.9 Å². The number of aliphatic hydroxyl groups is 1. The summed E-state index contributed by atoms with van der Waals surface area (Å²) >= 11 is 0. The Bertz CT molecular complexity index is 1540. The standard InChI is InChI=1S/C31H40N4O8S/c1-18(2)16-35(44(39,40)23-9-10-26-25(14-23)28(19(3)32)29(37)34-26)21-6-4-5-20(13-21)7-8-22(36)15-33-31(38)43-27-17-42-30-24(27)11-12-41-30/h4-6,9-10,13-14,18,22,24,27,30,36H,7-8,11-12,15-17,32H2,1-3H3,(H,33,38)(H,34,37). The van der Waals surface area contributed by atoms with Gasteiger partial charge in [-0.3, -0.25) is 9.10 Å². The molecule has 0 bridgehead atoms. The van der Waals surface area contributed by atoms with Crippen molar-refractivity contribution in [3.63, 3.8) is 0 Å². The molecule has 0 saturated carbocycles. The van der Waals surface area contributed by atoms with Gasteiger partial charge in [0.2, 0.25) is 0 Å². The Kier molecular flexibility index (Phi) is 9.49. The predicted octanol–water partition coefficient (Wildman–Crippen LogP) is 2.96. The fourth-order valence-electron chi connectivity index (χ4n) is 5.73. The van der Waals surface area contributed by atoms with Crippen LogP contribution in [0.2, 0.25) is 0 Å². The van der Waals surface area contributed by atoms with Gasteiger partial charge in [0, 0.05) is 30.0 Å². The minimum absolute atomic E-state index is 0.0128. The summed E-state index contributed by atoms with van der Waals surface area (Å²) in [4.78, 5) is 24.7. The molecule has 3 aliphatic rings. The number of rotatable bonds is 11. The van der Waals surface area contributed by atoms with Crippen LogP contribution in [0.15, 0.2) is 53.1 Å². The third-order valence-corrected chi connectivity index (χ3v) is 9.73. The molecule has 4 unspecified atom stereocenters. The second kappa shape index (κ2) is 13.1. The molecule has 5 rings (SSSR count). The fourth-order valence-corrected chi connectivity index (χ4v) is 7.38. The topological polar surface area (TPSA) is 170 Å². The number of allylic oxidation sites excluding steroid dienone is 1. The van der Waals surface area contributed by atoms with Crippen LogP contribution in [0, 0.1) is 11.8 Å². The van der Waals surface area contributed by atoms with E-state index in [-0.39, 0.29) is 53.7 Å². The Hall–Kier alpha value is -3.65. The van der Waals surface area contributed by atoms with Crippen molar-refractivity contribution >= 4 is 39.0 Å². The summed E-state index contributed by atoms with van der Waals surface area (Å²) in [5.41, 5.74) is 8.78. The number of hydrogen-bond donors (Lipinski definition) is 4. The lowest BCUT2D eigenvalue weighted by atomic mass is 10.0. The van der Waals surface area contributed by atoms with E-state index in [0.29, 0.717) is 48.7 Å².